The first-order valence-corrected chi connectivity index (χ1v) is 10.5. The van der Waals surface area contributed by atoms with E-state index in [0.29, 0.717) is 10.6 Å². The first-order valence-electron chi connectivity index (χ1n) is 8.62. The topological polar surface area (TPSA) is 95.8 Å². The molecule has 1 N–H and O–H groups in total. The molecule has 0 saturated heterocycles. The molecule has 0 amide bonds. The molecule has 0 aliphatic rings. The molecule has 3 aromatic carbocycles. The molecule has 0 fully saturated rings. The van der Waals surface area contributed by atoms with Crippen molar-refractivity contribution in [1.29, 1.82) is 0 Å². The van der Waals surface area contributed by atoms with Gasteiger partial charge in [-0.05, 0) is 36.4 Å². The van der Waals surface area contributed by atoms with Crippen molar-refractivity contribution < 1.29 is 33.4 Å². The van der Waals surface area contributed by atoms with Crippen LogP contribution in [-0.4, -0.2) is 17.5 Å². The summed E-state index contributed by atoms with van der Waals surface area (Å²) in [5.74, 6) is 0.519. The molecule has 30 heavy (non-hydrogen) atoms. The highest BCUT2D eigenvalue weighted by molar-refractivity contribution is 7.48. The smallest absolute Gasteiger partial charge is 0.411 e. The lowest BCUT2D eigenvalue weighted by molar-refractivity contribution is -0.191. The summed E-state index contributed by atoms with van der Waals surface area (Å²) in [7, 11) is -4.42. The number of rotatable bonds is 10. The molecular formula is C20H17ClNO7P. The van der Waals surface area contributed by atoms with Crippen molar-refractivity contribution in [2.75, 3.05) is 6.61 Å². The van der Waals surface area contributed by atoms with Gasteiger partial charge in [-0.25, -0.2) is 4.57 Å². The predicted molar refractivity (Wildman–Crippen MR) is 110 cm³/mol. The lowest BCUT2D eigenvalue weighted by Crippen LogP contribution is -2.13. The molecule has 0 aliphatic carbocycles. The van der Waals surface area contributed by atoms with Gasteiger partial charge in [0.15, 0.2) is 11.5 Å². The third-order valence-corrected chi connectivity index (χ3v) is 4.77. The maximum atomic E-state index is 13.0. The van der Waals surface area contributed by atoms with E-state index in [1.165, 1.54) is 0 Å². The molecule has 0 atom stereocenters. The van der Waals surface area contributed by atoms with Crippen LogP contribution in [0.25, 0.3) is 0 Å². The van der Waals surface area contributed by atoms with Crippen molar-refractivity contribution >= 4 is 25.1 Å². The zero-order valence-electron chi connectivity index (χ0n) is 15.5. The predicted octanol–water partition coefficient (Wildman–Crippen LogP) is 5.66. The molecule has 3 rings (SSSR count). The molecule has 0 heterocycles. The van der Waals surface area contributed by atoms with E-state index in [4.69, 9.17) is 35.2 Å². The largest absolute Gasteiger partial charge is 0.547 e. The van der Waals surface area contributed by atoms with Crippen molar-refractivity contribution in [2.24, 2.45) is 5.16 Å². The van der Waals surface area contributed by atoms with E-state index in [0.717, 1.165) is 0 Å². The van der Waals surface area contributed by atoms with E-state index >= 15 is 0 Å². The van der Waals surface area contributed by atoms with Crippen LogP contribution in [0.2, 0.25) is 5.02 Å². The van der Waals surface area contributed by atoms with Crippen molar-refractivity contribution in [3.8, 4) is 11.5 Å². The standard InChI is InChI=1S/C20H17ClNO7P/c21-17-9-7-8-16(14-17)20(22-23)15-25-30(24,28-26-18-10-3-1-4-11-18)29-27-19-12-5-2-6-13-19/h1-14,23H,15H2. The molecule has 0 aromatic heterocycles. The summed E-state index contributed by atoms with van der Waals surface area (Å²) in [6.45, 7) is -0.454. The summed E-state index contributed by atoms with van der Waals surface area (Å²) in [5.41, 5.74) is 0.480. The Morgan fingerprint density at radius 1 is 0.867 bits per heavy atom. The van der Waals surface area contributed by atoms with Gasteiger partial charge in [0.05, 0.1) is 0 Å². The lowest BCUT2D eigenvalue weighted by atomic mass is 10.1. The summed E-state index contributed by atoms with van der Waals surface area (Å²) in [5, 5.41) is 12.9. The van der Waals surface area contributed by atoms with E-state index in [1.807, 2.05) is 0 Å². The van der Waals surface area contributed by atoms with Gasteiger partial charge < -0.3 is 15.0 Å². The first-order chi connectivity index (χ1) is 14.6. The average Bonchev–Trinajstić information content (AvgIpc) is 2.78. The third-order valence-electron chi connectivity index (χ3n) is 3.57. The Bertz CT molecular complexity index is 970. The number of hydrogen-bond acceptors (Lipinski definition) is 8. The van der Waals surface area contributed by atoms with Gasteiger partial charge in [0.25, 0.3) is 0 Å². The zero-order valence-corrected chi connectivity index (χ0v) is 17.1. The van der Waals surface area contributed by atoms with Crippen LogP contribution in [0.15, 0.2) is 90.1 Å². The summed E-state index contributed by atoms with van der Waals surface area (Å²) < 4.78 is 28.1. The van der Waals surface area contributed by atoms with Crippen molar-refractivity contribution in [3.05, 3.63) is 95.5 Å². The molecule has 3 aromatic rings. The lowest BCUT2D eigenvalue weighted by Gasteiger charge is -2.16. The highest BCUT2D eigenvalue weighted by Gasteiger charge is 2.33. The molecule has 8 nitrogen and oxygen atoms in total. The van der Waals surface area contributed by atoms with E-state index in [1.54, 1.807) is 84.9 Å². The van der Waals surface area contributed by atoms with Crippen LogP contribution >= 0.6 is 19.4 Å². The van der Waals surface area contributed by atoms with E-state index in [-0.39, 0.29) is 17.2 Å². The maximum Gasteiger partial charge on any atom is 0.547 e. The van der Waals surface area contributed by atoms with Crippen LogP contribution in [0, 0.1) is 0 Å². The van der Waals surface area contributed by atoms with Crippen LogP contribution in [0.5, 0.6) is 11.5 Å². The van der Waals surface area contributed by atoms with Crippen LogP contribution in [-0.2, 0) is 18.4 Å². The van der Waals surface area contributed by atoms with Crippen molar-refractivity contribution in [1.82, 2.24) is 0 Å². The van der Waals surface area contributed by atoms with E-state index in [9.17, 15) is 9.77 Å². The van der Waals surface area contributed by atoms with Gasteiger partial charge in [-0.2, -0.15) is 0 Å². The van der Waals surface area contributed by atoms with E-state index in [2.05, 4.69) is 5.16 Å². The summed E-state index contributed by atoms with van der Waals surface area (Å²) in [4.78, 5) is 10.1. The number of nitrogens with zero attached hydrogens (tertiary/aromatic N) is 1. The van der Waals surface area contributed by atoms with Crippen molar-refractivity contribution in [3.63, 3.8) is 0 Å². The van der Waals surface area contributed by atoms with E-state index < -0.39 is 14.4 Å². The monoisotopic (exact) mass is 449 g/mol. The Balaban J connectivity index is 1.71. The van der Waals surface area contributed by atoms with Gasteiger partial charge in [-0.3, -0.25) is 4.52 Å². The quantitative estimate of drug-likeness (QED) is 0.140. The molecule has 0 unspecified atom stereocenters. The number of halogens is 1. The van der Waals surface area contributed by atoms with Crippen LogP contribution in [0.3, 0.4) is 0 Å². The van der Waals surface area contributed by atoms with Crippen LogP contribution < -0.4 is 9.78 Å². The highest BCUT2D eigenvalue weighted by atomic mass is 35.5. The Kier molecular flexibility index (Phi) is 7.84. The average molecular weight is 450 g/mol. The SMILES string of the molecule is O=P(OCC(=NO)c1cccc(Cl)c1)(OOc1ccccc1)OOc1ccccc1. The molecule has 0 spiro atoms. The van der Waals surface area contributed by atoms with Crippen LogP contribution in [0.4, 0.5) is 0 Å². The fourth-order valence-corrected chi connectivity index (χ4v) is 3.10. The van der Waals surface area contributed by atoms with Gasteiger partial charge in [0, 0.05) is 10.6 Å². The molecule has 0 saturated carbocycles. The second kappa shape index (κ2) is 10.8. The molecule has 156 valence electrons. The molecular weight excluding hydrogens is 433 g/mol. The van der Waals surface area contributed by atoms with Gasteiger partial charge in [-0.1, -0.05) is 74.6 Å². The highest BCUT2D eigenvalue weighted by Crippen LogP contribution is 2.50. The molecule has 10 heteroatoms. The van der Waals surface area contributed by atoms with Gasteiger partial charge >= 0.3 is 7.82 Å². The fraction of sp³-hybridized carbons (Fsp3) is 0.0500. The fourth-order valence-electron chi connectivity index (χ4n) is 2.16. The maximum absolute atomic E-state index is 13.0. The van der Waals surface area contributed by atoms with Gasteiger partial charge in [0.2, 0.25) is 0 Å². The number of oxime groups is 1. The third kappa shape index (κ3) is 6.59. The molecule has 0 radical (unpaired) electrons. The van der Waals surface area contributed by atoms with Gasteiger partial charge in [0.1, 0.15) is 12.3 Å². The number of hydrogen-bond donors (Lipinski definition) is 1. The minimum atomic E-state index is -4.42. The van der Waals surface area contributed by atoms with Crippen LogP contribution in [0.1, 0.15) is 5.56 Å². The Hall–Kier alpha value is -2.87. The Morgan fingerprint density at radius 2 is 1.43 bits per heavy atom. The Labute approximate surface area is 177 Å². The minimum absolute atomic E-state index is 0.0318. The molecule has 0 aliphatic heterocycles. The normalized spacial score (nSPS) is 11.8. The first kappa shape index (κ1) is 21.8. The van der Waals surface area contributed by atoms with Crippen molar-refractivity contribution in [2.45, 2.75) is 0 Å². The molecule has 0 bridgehead atoms. The summed E-state index contributed by atoms with van der Waals surface area (Å²) >= 11 is 5.95. The summed E-state index contributed by atoms with van der Waals surface area (Å²) in [6, 6.07) is 23.1. The second-order valence-corrected chi connectivity index (χ2v) is 7.61. The van der Waals surface area contributed by atoms with Gasteiger partial charge in [-0.15, -0.1) is 0 Å². The second-order valence-electron chi connectivity index (χ2n) is 5.72. The number of phosphoric acid groups is 1. The number of benzene rings is 3. The summed E-state index contributed by atoms with van der Waals surface area (Å²) in [6.07, 6.45) is 0. The minimum Gasteiger partial charge on any atom is -0.411 e. The number of para-hydroxylation sites is 2. The Morgan fingerprint density at radius 3 is 1.93 bits per heavy atom. The zero-order chi connectivity index (χ0) is 21.2.